The zero-order chi connectivity index (χ0) is 14.8. The molecule has 1 heterocycles. The Hall–Kier alpha value is -2.62. The summed E-state index contributed by atoms with van der Waals surface area (Å²) in [6, 6.07) is 14.0. The van der Waals surface area contributed by atoms with Gasteiger partial charge in [-0.05, 0) is 17.5 Å². The Kier molecular flexibility index (Phi) is 3.44. The topological polar surface area (TPSA) is 32.6 Å². The van der Waals surface area contributed by atoms with E-state index in [9.17, 15) is 0 Å². The van der Waals surface area contributed by atoms with Crippen molar-refractivity contribution in [3.63, 3.8) is 0 Å². The lowest BCUT2D eigenvalue weighted by molar-refractivity contribution is 0.373. The summed E-state index contributed by atoms with van der Waals surface area (Å²) in [4.78, 5) is 0. The number of nitrogens with zero attached hydrogens (tertiary/aromatic N) is 1. The van der Waals surface area contributed by atoms with Gasteiger partial charge in [-0.25, -0.2) is 0 Å². The first-order valence-corrected chi connectivity index (χ1v) is 6.65. The average Bonchev–Trinajstić information content (AvgIpc) is 2.97. The number of benzene rings is 2. The highest BCUT2D eigenvalue weighted by atomic mass is 16.5. The fourth-order valence-corrected chi connectivity index (χ4v) is 2.50. The lowest BCUT2D eigenvalue weighted by Gasteiger charge is -2.16. The molecule has 0 aliphatic heterocycles. The van der Waals surface area contributed by atoms with E-state index in [0.717, 1.165) is 16.6 Å². The zero-order valence-electron chi connectivity index (χ0n) is 12.3. The maximum absolute atomic E-state index is 5.52. The van der Waals surface area contributed by atoms with E-state index in [1.54, 1.807) is 21.3 Å². The van der Waals surface area contributed by atoms with Gasteiger partial charge in [0.2, 0.25) is 0 Å². The summed E-state index contributed by atoms with van der Waals surface area (Å²) in [5.41, 5.74) is 1.96. The van der Waals surface area contributed by atoms with Crippen molar-refractivity contribution in [2.75, 3.05) is 21.3 Å². The summed E-state index contributed by atoms with van der Waals surface area (Å²) < 4.78 is 18.4. The van der Waals surface area contributed by atoms with Crippen LogP contribution >= 0.6 is 0 Å². The van der Waals surface area contributed by atoms with E-state index in [0.29, 0.717) is 17.2 Å². The largest absolute Gasteiger partial charge is 0.496 e. The molecule has 0 unspecified atom stereocenters. The standard InChI is InChI=1S/C17H17NO3/c1-19-13-10-15(20-2)17(16(11-13)21-3)18-9-8-12-6-4-5-7-14(12)18/h4-11H,1-3H3. The molecule has 3 rings (SSSR count). The highest BCUT2D eigenvalue weighted by Crippen LogP contribution is 2.38. The minimum Gasteiger partial charge on any atom is -0.496 e. The van der Waals surface area contributed by atoms with E-state index in [2.05, 4.69) is 22.8 Å². The fraction of sp³-hybridized carbons (Fsp3) is 0.176. The number of rotatable bonds is 4. The van der Waals surface area contributed by atoms with E-state index in [4.69, 9.17) is 14.2 Å². The quantitative estimate of drug-likeness (QED) is 0.732. The van der Waals surface area contributed by atoms with Crippen molar-refractivity contribution in [3.05, 3.63) is 48.7 Å². The molecule has 4 heteroatoms. The SMILES string of the molecule is COc1cc(OC)c(-n2ccc3ccccc32)c(OC)c1. The molecule has 0 N–H and O–H groups in total. The Labute approximate surface area is 123 Å². The monoisotopic (exact) mass is 283 g/mol. The molecule has 0 atom stereocenters. The van der Waals surface area contributed by atoms with Crippen molar-refractivity contribution >= 4 is 10.9 Å². The summed E-state index contributed by atoms with van der Waals surface area (Å²) in [6.07, 6.45) is 2.01. The number of hydrogen-bond acceptors (Lipinski definition) is 3. The summed E-state index contributed by atoms with van der Waals surface area (Å²) in [7, 11) is 4.91. The lowest BCUT2D eigenvalue weighted by atomic mass is 10.2. The third-order valence-electron chi connectivity index (χ3n) is 3.53. The summed E-state index contributed by atoms with van der Waals surface area (Å²) in [6.45, 7) is 0. The van der Waals surface area contributed by atoms with Gasteiger partial charge in [-0.3, -0.25) is 0 Å². The Balaban J connectivity index is 2.30. The number of hydrogen-bond donors (Lipinski definition) is 0. The maximum Gasteiger partial charge on any atom is 0.150 e. The van der Waals surface area contributed by atoms with Crippen molar-refractivity contribution < 1.29 is 14.2 Å². The van der Waals surface area contributed by atoms with Crippen LogP contribution in [0.4, 0.5) is 0 Å². The number of para-hydroxylation sites is 1. The van der Waals surface area contributed by atoms with Gasteiger partial charge in [0.1, 0.15) is 22.9 Å². The first-order valence-electron chi connectivity index (χ1n) is 6.65. The van der Waals surface area contributed by atoms with Crippen LogP contribution in [0.3, 0.4) is 0 Å². The third-order valence-corrected chi connectivity index (χ3v) is 3.53. The first kappa shape index (κ1) is 13.4. The number of methoxy groups -OCH3 is 3. The lowest BCUT2D eigenvalue weighted by Crippen LogP contribution is -2.01. The minimum atomic E-state index is 0.698. The maximum atomic E-state index is 5.52. The second-order valence-electron chi connectivity index (χ2n) is 4.63. The summed E-state index contributed by atoms with van der Waals surface area (Å²) >= 11 is 0. The second kappa shape index (κ2) is 5.40. The van der Waals surface area contributed by atoms with Gasteiger partial charge in [0.25, 0.3) is 0 Å². The van der Waals surface area contributed by atoms with E-state index in [-0.39, 0.29) is 0 Å². The summed E-state index contributed by atoms with van der Waals surface area (Å²) in [5.74, 6) is 2.10. The van der Waals surface area contributed by atoms with Crippen molar-refractivity contribution in [2.24, 2.45) is 0 Å². The predicted octanol–water partition coefficient (Wildman–Crippen LogP) is 3.66. The Bertz CT molecular complexity index is 752. The van der Waals surface area contributed by atoms with Crippen LogP contribution in [0.5, 0.6) is 17.2 Å². The molecule has 4 nitrogen and oxygen atoms in total. The van der Waals surface area contributed by atoms with Gasteiger partial charge in [-0.15, -0.1) is 0 Å². The molecule has 0 bridgehead atoms. The minimum absolute atomic E-state index is 0.698. The summed E-state index contributed by atoms with van der Waals surface area (Å²) in [5, 5.41) is 1.16. The van der Waals surface area contributed by atoms with Crippen LogP contribution in [0, 0.1) is 0 Å². The van der Waals surface area contributed by atoms with Crippen LogP contribution in [0.25, 0.3) is 16.6 Å². The highest BCUT2D eigenvalue weighted by Gasteiger charge is 2.16. The number of fused-ring (bicyclic) bond motifs is 1. The second-order valence-corrected chi connectivity index (χ2v) is 4.63. The molecule has 0 saturated heterocycles. The molecule has 108 valence electrons. The van der Waals surface area contributed by atoms with Gasteiger partial charge in [0, 0.05) is 18.3 Å². The first-order chi connectivity index (χ1) is 10.3. The molecule has 2 aromatic carbocycles. The van der Waals surface area contributed by atoms with Crippen LogP contribution in [0.2, 0.25) is 0 Å². The van der Waals surface area contributed by atoms with Crippen molar-refractivity contribution in [3.8, 4) is 22.9 Å². The molecule has 1 aromatic heterocycles. The molecule has 0 spiro atoms. The van der Waals surface area contributed by atoms with E-state index in [1.165, 1.54) is 0 Å². The normalized spacial score (nSPS) is 10.6. The van der Waals surface area contributed by atoms with E-state index < -0.39 is 0 Å². The Morgan fingerprint density at radius 2 is 1.48 bits per heavy atom. The van der Waals surface area contributed by atoms with Crippen LogP contribution in [0.15, 0.2) is 48.7 Å². The van der Waals surface area contributed by atoms with Crippen molar-refractivity contribution in [2.45, 2.75) is 0 Å². The molecule has 21 heavy (non-hydrogen) atoms. The van der Waals surface area contributed by atoms with Gasteiger partial charge < -0.3 is 18.8 Å². The Morgan fingerprint density at radius 1 is 0.810 bits per heavy atom. The molecule has 3 aromatic rings. The molecular formula is C17H17NO3. The van der Waals surface area contributed by atoms with Crippen LogP contribution in [-0.2, 0) is 0 Å². The smallest absolute Gasteiger partial charge is 0.150 e. The Morgan fingerprint density at radius 3 is 2.10 bits per heavy atom. The number of aromatic nitrogens is 1. The molecule has 0 saturated carbocycles. The highest BCUT2D eigenvalue weighted by molar-refractivity contribution is 5.83. The molecular weight excluding hydrogens is 266 g/mol. The van der Waals surface area contributed by atoms with E-state index >= 15 is 0 Å². The zero-order valence-corrected chi connectivity index (χ0v) is 12.3. The van der Waals surface area contributed by atoms with Crippen LogP contribution in [0.1, 0.15) is 0 Å². The van der Waals surface area contributed by atoms with Gasteiger partial charge in [-0.1, -0.05) is 18.2 Å². The van der Waals surface area contributed by atoms with E-state index in [1.807, 2.05) is 30.5 Å². The predicted molar refractivity (Wildman–Crippen MR) is 82.9 cm³/mol. The van der Waals surface area contributed by atoms with Gasteiger partial charge in [0.15, 0.2) is 0 Å². The fourth-order valence-electron chi connectivity index (χ4n) is 2.50. The van der Waals surface area contributed by atoms with Gasteiger partial charge in [0.05, 0.1) is 26.8 Å². The van der Waals surface area contributed by atoms with Crippen molar-refractivity contribution in [1.82, 2.24) is 4.57 Å². The molecule has 0 amide bonds. The molecule has 0 aliphatic carbocycles. The molecule has 0 radical (unpaired) electrons. The number of ether oxygens (including phenoxy) is 3. The van der Waals surface area contributed by atoms with Crippen LogP contribution < -0.4 is 14.2 Å². The third kappa shape index (κ3) is 2.18. The molecule has 0 fully saturated rings. The molecule has 0 aliphatic rings. The van der Waals surface area contributed by atoms with Gasteiger partial charge >= 0.3 is 0 Å². The van der Waals surface area contributed by atoms with Gasteiger partial charge in [-0.2, -0.15) is 0 Å². The average molecular weight is 283 g/mol. The van der Waals surface area contributed by atoms with Crippen LogP contribution in [-0.4, -0.2) is 25.9 Å². The van der Waals surface area contributed by atoms with Crippen molar-refractivity contribution in [1.29, 1.82) is 0 Å².